The normalized spacial score (nSPS) is 24.1. The summed E-state index contributed by atoms with van der Waals surface area (Å²) in [5.41, 5.74) is 1.70. The van der Waals surface area contributed by atoms with Gasteiger partial charge in [-0.3, -0.25) is 5.32 Å². The molecule has 0 bridgehead atoms. The summed E-state index contributed by atoms with van der Waals surface area (Å²) in [7, 11) is 0. The van der Waals surface area contributed by atoms with Crippen LogP contribution in [0.15, 0.2) is 60.2 Å². The lowest BCUT2D eigenvalue weighted by atomic mass is 9.86. The minimum atomic E-state index is -0.425. The standard InChI is InChI=1S/C21H22N4O2S/c1-13-16(20-22-9-10-28-20)11-17(26)19(13)14-7-8-18(23-12-14)25-21(27)24-15-5-3-2-4-6-15/h2-10,12-13,16-17,19,26H,11H2,1H3,(H2,23,24,25,27). The fourth-order valence-corrected chi connectivity index (χ4v) is 4.84. The number of aromatic nitrogens is 2. The smallest absolute Gasteiger partial charge is 0.324 e. The van der Waals surface area contributed by atoms with Crippen molar-refractivity contribution in [2.45, 2.75) is 31.3 Å². The van der Waals surface area contributed by atoms with E-state index in [0.29, 0.717) is 17.9 Å². The maximum atomic E-state index is 12.1. The number of carbonyl (C=O) groups is 1. The molecule has 4 atom stereocenters. The summed E-state index contributed by atoms with van der Waals surface area (Å²) in [6, 6.07) is 12.6. The number of thiazole rings is 1. The van der Waals surface area contributed by atoms with Gasteiger partial charge in [-0.25, -0.2) is 14.8 Å². The van der Waals surface area contributed by atoms with Crippen LogP contribution in [0.1, 0.15) is 35.8 Å². The van der Waals surface area contributed by atoms with Crippen LogP contribution in [-0.4, -0.2) is 27.2 Å². The molecule has 1 aliphatic carbocycles. The quantitative estimate of drug-likeness (QED) is 0.610. The molecule has 28 heavy (non-hydrogen) atoms. The monoisotopic (exact) mass is 394 g/mol. The number of aliphatic hydroxyl groups is 1. The second kappa shape index (κ2) is 8.08. The van der Waals surface area contributed by atoms with Gasteiger partial charge in [0.15, 0.2) is 0 Å². The number of carbonyl (C=O) groups excluding carboxylic acids is 1. The highest BCUT2D eigenvalue weighted by atomic mass is 32.1. The second-order valence-electron chi connectivity index (χ2n) is 7.09. The molecule has 1 aromatic carbocycles. The van der Waals surface area contributed by atoms with Gasteiger partial charge in [0.25, 0.3) is 0 Å². The van der Waals surface area contributed by atoms with Crippen molar-refractivity contribution in [3.63, 3.8) is 0 Å². The Kier molecular flexibility index (Phi) is 5.36. The molecular weight excluding hydrogens is 372 g/mol. The van der Waals surface area contributed by atoms with E-state index >= 15 is 0 Å². The van der Waals surface area contributed by atoms with Crippen molar-refractivity contribution in [2.24, 2.45) is 5.92 Å². The average molecular weight is 395 g/mol. The largest absolute Gasteiger partial charge is 0.392 e. The van der Waals surface area contributed by atoms with Crippen LogP contribution in [0, 0.1) is 5.92 Å². The number of benzene rings is 1. The first kappa shape index (κ1) is 18.6. The van der Waals surface area contributed by atoms with Crippen molar-refractivity contribution in [3.8, 4) is 0 Å². The van der Waals surface area contributed by atoms with Gasteiger partial charge in [-0.2, -0.15) is 0 Å². The number of nitrogens with zero attached hydrogens (tertiary/aromatic N) is 2. The Morgan fingerprint density at radius 2 is 1.96 bits per heavy atom. The summed E-state index contributed by atoms with van der Waals surface area (Å²) >= 11 is 1.64. The van der Waals surface area contributed by atoms with E-state index in [4.69, 9.17) is 0 Å². The Morgan fingerprint density at radius 3 is 2.64 bits per heavy atom. The van der Waals surface area contributed by atoms with Gasteiger partial charge in [-0.05, 0) is 36.1 Å². The summed E-state index contributed by atoms with van der Waals surface area (Å²) in [5, 5.41) is 19.2. The highest BCUT2D eigenvalue weighted by Gasteiger charge is 2.42. The Hall–Kier alpha value is -2.77. The summed E-state index contributed by atoms with van der Waals surface area (Å²) in [6.45, 7) is 2.16. The molecule has 7 heteroatoms. The maximum Gasteiger partial charge on any atom is 0.324 e. The van der Waals surface area contributed by atoms with Crippen LogP contribution in [0.3, 0.4) is 0 Å². The Balaban J connectivity index is 1.42. The molecule has 4 rings (SSSR count). The van der Waals surface area contributed by atoms with Crippen molar-refractivity contribution in [1.29, 1.82) is 0 Å². The van der Waals surface area contributed by atoms with E-state index < -0.39 is 6.10 Å². The number of nitrogens with one attached hydrogen (secondary N) is 2. The zero-order valence-electron chi connectivity index (χ0n) is 15.4. The molecule has 1 saturated carbocycles. The fourth-order valence-electron chi connectivity index (χ4n) is 3.97. The number of hydrogen-bond donors (Lipinski definition) is 3. The molecule has 0 radical (unpaired) electrons. The van der Waals surface area contributed by atoms with Crippen molar-refractivity contribution >= 4 is 28.9 Å². The average Bonchev–Trinajstić information content (AvgIpc) is 3.31. The molecule has 1 fully saturated rings. The van der Waals surface area contributed by atoms with Crippen molar-refractivity contribution in [1.82, 2.24) is 9.97 Å². The van der Waals surface area contributed by atoms with Gasteiger partial charge in [-0.1, -0.05) is 31.2 Å². The van der Waals surface area contributed by atoms with E-state index in [1.807, 2.05) is 48.0 Å². The minimum absolute atomic E-state index is 0.00796. The van der Waals surface area contributed by atoms with E-state index in [2.05, 4.69) is 27.5 Å². The Bertz CT molecular complexity index is 915. The van der Waals surface area contributed by atoms with Gasteiger partial charge in [0.05, 0.1) is 11.1 Å². The van der Waals surface area contributed by atoms with Crippen molar-refractivity contribution in [2.75, 3.05) is 10.6 Å². The number of amides is 2. The van der Waals surface area contributed by atoms with E-state index in [1.165, 1.54) is 0 Å². The first-order valence-corrected chi connectivity index (χ1v) is 10.2. The zero-order valence-corrected chi connectivity index (χ0v) is 16.3. The highest BCUT2D eigenvalue weighted by Crippen LogP contribution is 2.48. The predicted molar refractivity (Wildman–Crippen MR) is 111 cm³/mol. The molecule has 0 saturated heterocycles. The van der Waals surface area contributed by atoms with Crippen LogP contribution < -0.4 is 10.6 Å². The Morgan fingerprint density at radius 1 is 1.14 bits per heavy atom. The number of pyridine rings is 1. The summed E-state index contributed by atoms with van der Waals surface area (Å²) in [4.78, 5) is 20.9. The molecule has 2 aromatic heterocycles. The van der Waals surface area contributed by atoms with Crippen molar-refractivity contribution in [3.05, 3.63) is 70.8 Å². The third-order valence-corrected chi connectivity index (χ3v) is 6.23. The summed E-state index contributed by atoms with van der Waals surface area (Å²) in [5.74, 6) is 1.000. The molecule has 144 valence electrons. The summed E-state index contributed by atoms with van der Waals surface area (Å²) in [6.07, 6.45) is 3.84. The highest BCUT2D eigenvalue weighted by molar-refractivity contribution is 7.09. The third kappa shape index (κ3) is 3.90. The summed E-state index contributed by atoms with van der Waals surface area (Å²) < 4.78 is 0. The fraction of sp³-hybridized carbons (Fsp3) is 0.286. The van der Waals surface area contributed by atoms with E-state index in [1.54, 1.807) is 23.6 Å². The first-order chi connectivity index (χ1) is 13.6. The van der Waals surface area contributed by atoms with E-state index in [-0.39, 0.29) is 23.8 Å². The lowest BCUT2D eigenvalue weighted by Crippen LogP contribution is -2.20. The zero-order chi connectivity index (χ0) is 19.5. The topological polar surface area (TPSA) is 87.1 Å². The van der Waals surface area contributed by atoms with Crippen LogP contribution in [0.25, 0.3) is 0 Å². The van der Waals surface area contributed by atoms with Gasteiger partial charge in [-0.15, -0.1) is 11.3 Å². The molecule has 3 aromatic rings. The second-order valence-corrected chi connectivity index (χ2v) is 8.01. The molecule has 4 unspecified atom stereocenters. The van der Waals surface area contributed by atoms with Crippen LogP contribution in [0.5, 0.6) is 0 Å². The molecule has 3 N–H and O–H groups in total. The van der Waals surface area contributed by atoms with Crippen LogP contribution in [0.2, 0.25) is 0 Å². The number of anilines is 2. The Labute approximate surface area is 167 Å². The number of hydrogen-bond acceptors (Lipinski definition) is 5. The number of para-hydroxylation sites is 1. The lowest BCUT2D eigenvalue weighted by molar-refractivity contribution is 0.156. The SMILES string of the molecule is CC1C(c2nccs2)CC(O)C1c1ccc(NC(=O)Nc2ccccc2)nc1. The molecule has 0 aliphatic heterocycles. The van der Waals surface area contributed by atoms with Crippen molar-refractivity contribution < 1.29 is 9.90 Å². The van der Waals surface area contributed by atoms with Crippen LogP contribution in [0.4, 0.5) is 16.3 Å². The van der Waals surface area contributed by atoms with E-state index in [9.17, 15) is 9.90 Å². The lowest BCUT2D eigenvalue weighted by Gasteiger charge is -2.21. The third-order valence-electron chi connectivity index (χ3n) is 5.32. The van der Waals surface area contributed by atoms with Gasteiger partial charge in [0.1, 0.15) is 5.82 Å². The number of rotatable bonds is 4. The molecule has 0 spiro atoms. The first-order valence-electron chi connectivity index (χ1n) is 9.28. The number of urea groups is 1. The number of aliphatic hydroxyl groups excluding tert-OH is 1. The van der Waals surface area contributed by atoms with Crippen LogP contribution in [-0.2, 0) is 0 Å². The molecule has 6 nitrogen and oxygen atoms in total. The van der Waals surface area contributed by atoms with Gasteiger partial charge < -0.3 is 10.4 Å². The molecule has 2 heterocycles. The van der Waals surface area contributed by atoms with Crippen LogP contribution >= 0.6 is 11.3 Å². The molecular formula is C21H22N4O2S. The van der Waals surface area contributed by atoms with E-state index in [0.717, 1.165) is 10.6 Å². The molecule has 1 aliphatic rings. The predicted octanol–water partition coefficient (Wildman–Crippen LogP) is 4.45. The minimum Gasteiger partial charge on any atom is -0.392 e. The van der Waals surface area contributed by atoms with Gasteiger partial charge in [0.2, 0.25) is 0 Å². The van der Waals surface area contributed by atoms with Gasteiger partial charge >= 0.3 is 6.03 Å². The molecule has 2 amide bonds. The maximum absolute atomic E-state index is 12.1. The van der Waals surface area contributed by atoms with Gasteiger partial charge in [0, 0.05) is 35.3 Å².